The number of nitrogens with zero attached hydrogens (tertiary/aromatic N) is 4. The van der Waals surface area contributed by atoms with Crippen LogP contribution in [0.3, 0.4) is 0 Å². The maximum atomic E-state index is 12.4. The molecule has 1 N–H and O–H groups in total. The maximum Gasteiger partial charge on any atom is 0.230 e. The molecule has 4 aromatic rings. The Balaban J connectivity index is 1.29. The first-order valence-corrected chi connectivity index (χ1v) is 11.9. The van der Waals surface area contributed by atoms with Gasteiger partial charge in [0.15, 0.2) is 0 Å². The Morgan fingerprint density at radius 1 is 1.00 bits per heavy atom. The quantitative estimate of drug-likeness (QED) is 0.367. The van der Waals surface area contributed by atoms with Gasteiger partial charge >= 0.3 is 0 Å². The van der Waals surface area contributed by atoms with Gasteiger partial charge in [-0.1, -0.05) is 78.5 Å². The lowest BCUT2D eigenvalue weighted by atomic mass is 9.88. The van der Waals surface area contributed by atoms with Gasteiger partial charge < -0.3 is 5.32 Å². The highest BCUT2D eigenvalue weighted by Crippen LogP contribution is 2.27. The lowest BCUT2D eigenvalue weighted by Gasteiger charge is -2.18. The highest BCUT2D eigenvalue weighted by atomic mass is 32.2. The SMILES string of the molecule is O=C(CSc1nnnn1Cc1cccs1)NCCC(c1ccccc1)c1ccccc1. The molecule has 2 aromatic heterocycles. The Bertz CT molecular complexity index is 1030. The van der Waals surface area contributed by atoms with E-state index in [9.17, 15) is 4.79 Å². The average molecular weight is 450 g/mol. The number of hydrogen-bond donors (Lipinski definition) is 1. The molecule has 4 rings (SSSR count). The summed E-state index contributed by atoms with van der Waals surface area (Å²) in [6.45, 7) is 1.22. The number of amides is 1. The number of nitrogens with one attached hydrogen (secondary N) is 1. The average Bonchev–Trinajstić information content (AvgIpc) is 3.49. The predicted molar refractivity (Wildman–Crippen MR) is 124 cm³/mol. The van der Waals surface area contributed by atoms with Gasteiger partial charge in [0, 0.05) is 17.3 Å². The van der Waals surface area contributed by atoms with Crippen molar-refractivity contribution in [1.29, 1.82) is 0 Å². The number of aromatic nitrogens is 4. The molecule has 0 saturated carbocycles. The van der Waals surface area contributed by atoms with Crippen molar-refractivity contribution in [2.24, 2.45) is 0 Å². The minimum atomic E-state index is -0.0180. The number of benzene rings is 2. The molecule has 0 spiro atoms. The zero-order chi connectivity index (χ0) is 21.3. The minimum Gasteiger partial charge on any atom is -0.355 e. The first-order chi connectivity index (χ1) is 15.3. The van der Waals surface area contributed by atoms with E-state index in [0.717, 1.165) is 6.42 Å². The second kappa shape index (κ2) is 10.9. The summed E-state index contributed by atoms with van der Waals surface area (Å²) < 4.78 is 1.73. The topological polar surface area (TPSA) is 72.7 Å². The van der Waals surface area contributed by atoms with Gasteiger partial charge in [0.05, 0.1) is 12.3 Å². The van der Waals surface area contributed by atoms with Gasteiger partial charge in [0.2, 0.25) is 11.1 Å². The van der Waals surface area contributed by atoms with E-state index in [4.69, 9.17) is 0 Å². The number of carbonyl (C=O) groups excluding carboxylic acids is 1. The molecule has 0 fully saturated rings. The molecule has 158 valence electrons. The summed E-state index contributed by atoms with van der Waals surface area (Å²) >= 11 is 3.01. The lowest BCUT2D eigenvalue weighted by Crippen LogP contribution is -2.27. The maximum absolute atomic E-state index is 12.4. The van der Waals surface area contributed by atoms with Crippen LogP contribution in [0.15, 0.2) is 83.3 Å². The monoisotopic (exact) mass is 449 g/mol. The summed E-state index contributed by atoms with van der Waals surface area (Å²) in [5, 5.41) is 17.5. The molecule has 0 unspecified atom stereocenters. The van der Waals surface area contributed by atoms with Crippen molar-refractivity contribution in [1.82, 2.24) is 25.5 Å². The van der Waals surface area contributed by atoms with E-state index in [1.54, 1.807) is 16.0 Å². The first kappa shape index (κ1) is 21.3. The van der Waals surface area contributed by atoms with Gasteiger partial charge in [0.1, 0.15) is 0 Å². The highest BCUT2D eigenvalue weighted by Gasteiger charge is 2.15. The van der Waals surface area contributed by atoms with Crippen LogP contribution in [0.1, 0.15) is 28.3 Å². The molecule has 1 amide bonds. The van der Waals surface area contributed by atoms with Crippen LogP contribution < -0.4 is 5.32 Å². The van der Waals surface area contributed by atoms with Crippen molar-refractivity contribution in [3.63, 3.8) is 0 Å². The Morgan fingerprint density at radius 3 is 2.35 bits per heavy atom. The van der Waals surface area contributed by atoms with Crippen molar-refractivity contribution in [2.75, 3.05) is 12.3 Å². The second-order valence-corrected chi connectivity index (χ2v) is 8.97. The number of rotatable bonds is 10. The lowest BCUT2D eigenvalue weighted by molar-refractivity contribution is -0.118. The fourth-order valence-electron chi connectivity index (χ4n) is 3.38. The van der Waals surface area contributed by atoms with Gasteiger partial charge in [-0.3, -0.25) is 4.79 Å². The molecule has 0 aliphatic carbocycles. The molecular formula is C23H23N5OS2. The van der Waals surface area contributed by atoms with E-state index in [1.807, 2.05) is 29.6 Å². The number of carbonyl (C=O) groups is 1. The predicted octanol–water partition coefficient (Wildman–Crippen LogP) is 4.21. The van der Waals surface area contributed by atoms with Gasteiger partial charge in [-0.05, 0) is 39.4 Å². The van der Waals surface area contributed by atoms with E-state index in [1.165, 1.54) is 27.8 Å². The van der Waals surface area contributed by atoms with Crippen LogP contribution in [0, 0.1) is 0 Å². The Morgan fingerprint density at radius 2 is 1.71 bits per heavy atom. The molecule has 0 bridgehead atoms. The third-order valence-electron chi connectivity index (χ3n) is 4.88. The van der Waals surface area contributed by atoms with Crippen LogP contribution in [0.5, 0.6) is 0 Å². The third kappa shape index (κ3) is 6.02. The van der Waals surface area contributed by atoms with Gasteiger partial charge in [-0.2, -0.15) is 0 Å². The molecule has 0 aliphatic heterocycles. The standard InChI is InChI=1S/C23H23N5OS2/c29-22(17-31-23-25-26-27-28(23)16-20-12-7-15-30-20)24-14-13-21(18-8-3-1-4-9-18)19-10-5-2-6-11-19/h1-12,15,21H,13-14,16-17H2,(H,24,29). The van der Waals surface area contributed by atoms with E-state index < -0.39 is 0 Å². The van der Waals surface area contributed by atoms with Crippen LogP contribution in [-0.2, 0) is 11.3 Å². The minimum absolute atomic E-state index is 0.0180. The van der Waals surface area contributed by atoms with Crippen LogP contribution in [0.4, 0.5) is 0 Å². The Labute approximate surface area is 189 Å². The van der Waals surface area contributed by atoms with Gasteiger partial charge in [-0.15, -0.1) is 16.4 Å². The Hall–Kier alpha value is -2.97. The number of thioether (sulfide) groups is 1. The molecule has 0 aliphatic rings. The van der Waals surface area contributed by atoms with Crippen molar-refractivity contribution < 1.29 is 4.79 Å². The van der Waals surface area contributed by atoms with Crippen LogP contribution in [0.2, 0.25) is 0 Å². The van der Waals surface area contributed by atoms with Gasteiger partial charge in [-0.25, -0.2) is 4.68 Å². The zero-order valence-electron chi connectivity index (χ0n) is 16.9. The zero-order valence-corrected chi connectivity index (χ0v) is 18.6. The summed E-state index contributed by atoms with van der Waals surface area (Å²) in [5.41, 5.74) is 2.51. The van der Waals surface area contributed by atoms with E-state index in [-0.39, 0.29) is 17.6 Å². The third-order valence-corrected chi connectivity index (χ3v) is 6.69. The fourth-order valence-corrected chi connectivity index (χ4v) is 4.78. The van der Waals surface area contributed by atoms with E-state index in [2.05, 4.69) is 69.4 Å². The van der Waals surface area contributed by atoms with E-state index in [0.29, 0.717) is 18.2 Å². The number of thiophene rings is 1. The summed E-state index contributed by atoms with van der Waals surface area (Å²) in [7, 11) is 0. The van der Waals surface area contributed by atoms with Crippen LogP contribution in [-0.4, -0.2) is 38.4 Å². The fraction of sp³-hybridized carbons (Fsp3) is 0.217. The summed E-state index contributed by atoms with van der Waals surface area (Å²) in [5.74, 6) is 0.510. The molecule has 31 heavy (non-hydrogen) atoms. The molecule has 8 heteroatoms. The number of hydrogen-bond acceptors (Lipinski definition) is 6. The van der Waals surface area contributed by atoms with E-state index >= 15 is 0 Å². The smallest absolute Gasteiger partial charge is 0.230 e. The molecule has 0 saturated heterocycles. The largest absolute Gasteiger partial charge is 0.355 e. The highest BCUT2D eigenvalue weighted by molar-refractivity contribution is 7.99. The molecule has 0 atom stereocenters. The molecular weight excluding hydrogens is 426 g/mol. The molecule has 0 radical (unpaired) electrons. The van der Waals surface area contributed by atoms with Gasteiger partial charge in [0.25, 0.3) is 0 Å². The molecule has 6 nitrogen and oxygen atoms in total. The molecule has 2 heterocycles. The van der Waals surface area contributed by atoms with Crippen LogP contribution >= 0.6 is 23.1 Å². The Kier molecular flexibility index (Phi) is 7.46. The number of tetrazole rings is 1. The van der Waals surface area contributed by atoms with Crippen molar-refractivity contribution in [2.45, 2.75) is 24.0 Å². The van der Waals surface area contributed by atoms with Crippen LogP contribution in [0.25, 0.3) is 0 Å². The molecule has 2 aromatic carbocycles. The second-order valence-electron chi connectivity index (χ2n) is 7.00. The summed E-state index contributed by atoms with van der Waals surface area (Å²) in [4.78, 5) is 13.6. The normalized spacial score (nSPS) is 11.0. The van der Waals surface area contributed by atoms with Crippen molar-refractivity contribution in [3.05, 3.63) is 94.2 Å². The summed E-state index contributed by atoms with van der Waals surface area (Å²) in [6.07, 6.45) is 0.834. The first-order valence-electron chi connectivity index (χ1n) is 10.1. The summed E-state index contributed by atoms with van der Waals surface area (Å²) in [6, 6.07) is 24.9. The van der Waals surface area contributed by atoms with Crippen molar-refractivity contribution >= 4 is 29.0 Å². The van der Waals surface area contributed by atoms with Crippen molar-refractivity contribution in [3.8, 4) is 0 Å².